The topological polar surface area (TPSA) is 37.4 Å². The number of carbonyl (C=O) groups excluding carboxylic acids is 2. The predicted octanol–water partition coefficient (Wildman–Crippen LogP) is 4.80. The van der Waals surface area contributed by atoms with Gasteiger partial charge in [-0.3, -0.25) is 9.59 Å². The van der Waals surface area contributed by atoms with E-state index in [-0.39, 0.29) is 30.0 Å². The quantitative estimate of drug-likeness (QED) is 0.614. The summed E-state index contributed by atoms with van der Waals surface area (Å²) in [4.78, 5) is 27.5. The van der Waals surface area contributed by atoms with Gasteiger partial charge in [0.25, 0.3) is 5.91 Å². The van der Waals surface area contributed by atoms with Crippen molar-refractivity contribution in [1.82, 2.24) is 4.90 Å². The van der Waals surface area contributed by atoms with Gasteiger partial charge in [0.1, 0.15) is 5.82 Å². The van der Waals surface area contributed by atoms with E-state index in [1.54, 1.807) is 11.0 Å². The monoisotopic (exact) mass is 359 g/mol. The van der Waals surface area contributed by atoms with Gasteiger partial charge in [0, 0.05) is 24.1 Å². The lowest BCUT2D eigenvalue weighted by Gasteiger charge is -2.25. The molecule has 0 saturated carbocycles. The van der Waals surface area contributed by atoms with Gasteiger partial charge in [-0.25, -0.2) is 4.39 Å². The number of Topliss-reactive ketones (excluding diaryl/α,β-unsaturated/α-hetero) is 1. The summed E-state index contributed by atoms with van der Waals surface area (Å²) in [6, 6.07) is 22.4. The number of nitrogens with zero attached hydrogens (tertiary/aromatic N) is 1. The Morgan fingerprint density at radius 1 is 0.889 bits per heavy atom. The van der Waals surface area contributed by atoms with E-state index in [2.05, 4.69) is 0 Å². The van der Waals surface area contributed by atoms with Crippen molar-refractivity contribution in [3.05, 3.63) is 107 Å². The molecule has 1 heterocycles. The van der Waals surface area contributed by atoms with E-state index in [1.807, 2.05) is 48.5 Å². The van der Waals surface area contributed by atoms with Gasteiger partial charge in [-0.1, -0.05) is 48.5 Å². The van der Waals surface area contributed by atoms with Gasteiger partial charge >= 0.3 is 0 Å². The summed E-state index contributed by atoms with van der Waals surface area (Å²) in [6.07, 6.45) is 0.168. The molecule has 3 aromatic carbocycles. The molecule has 4 heteroatoms. The second-order valence-corrected chi connectivity index (χ2v) is 6.66. The third kappa shape index (κ3) is 3.38. The van der Waals surface area contributed by atoms with Crippen molar-refractivity contribution in [1.29, 1.82) is 0 Å². The van der Waals surface area contributed by atoms with Crippen LogP contribution in [0, 0.1) is 5.82 Å². The van der Waals surface area contributed by atoms with Crippen LogP contribution < -0.4 is 0 Å². The number of hydrogen-bond acceptors (Lipinski definition) is 2. The maximum Gasteiger partial charge on any atom is 0.255 e. The first-order valence-corrected chi connectivity index (χ1v) is 8.86. The lowest BCUT2D eigenvalue weighted by molar-refractivity contribution is 0.0687. The molecule has 4 rings (SSSR count). The Balaban J connectivity index is 1.65. The summed E-state index contributed by atoms with van der Waals surface area (Å²) in [5.74, 6) is -0.549. The minimum atomic E-state index is -0.376. The third-order valence-electron chi connectivity index (χ3n) is 4.93. The summed E-state index contributed by atoms with van der Waals surface area (Å²) >= 11 is 0. The molecule has 0 aliphatic carbocycles. The lowest BCUT2D eigenvalue weighted by atomic mass is 9.97. The van der Waals surface area contributed by atoms with Crippen LogP contribution in [0.4, 0.5) is 4.39 Å². The van der Waals surface area contributed by atoms with Crippen molar-refractivity contribution in [2.75, 3.05) is 0 Å². The van der Waals surface area contributed by atoms with Crippen molar-refractivity contribution in [3.8, 4) is 0 Å². The van der Waals surface area contributed by atoms with Crippen LogP contribution in [0.5, 0.6) is 0 Å². The fourth-order valence-corrected chi connectivity index (χ4v) is 3.56. The van der Waals surface area contributed by atoms with Crippen molar-refractivity contribution >= 4 is 11.7 Å². The highest BCUT2D eigenvalue weighted by Gasteiger charge is 2.37. The van der Waals surface area contributed by atoms with Crippen LogP contribution in [0.25, 0.3) is 0 Å². The molecule has 0 aromatic heterocycles. The van der Waals surface area contributed by atoms with E-state index in [9.17, 15) is 14.0 Å². The average Bonchev–Trinajstić information content (AvgIpc) is 2.95. The third-order valence-corrected chi connectivity index (χ3v) is 4.93. The van der Waals surface area contributed by atoms with E-state index in [4.69, 9.17) is 0 Å². The summed E-state index contributed by atoms with van der Waals surface area (Å²) in [7, 11) is 0. The number of amides is 1. The molecule has 0 spiro atoms. The largest absolute Gasteiger partial charge is 0.327 e. The van der Waals surface area contributed by atoms with Gasteiger partial charge < -0.3 is 4.90 Å². The Morgan fingerprint density at radius 2 is 1.56 bits per heavy atom. The maximum absolute atomic E-state index is 13.1. The zero-order valence-electron chi connectivity index (χ0n) is 14.6. The van der Waals surface area contributed by atoms with Gasteiger partial charge in [-0.05, 0) is 41.5 Å². The Morgan fingerprint density at radius 3 is 2.30 bits per heavy atom. The predicted molar refractivity (Wildman–Crippen MR) is 101 cm³/mol. The van der Waals surface area contributed by atoms with Crippen LogP contribution in [0.2, 0.25) is 0 Å². The molecule has 1 aliphatic rings. The van der Waals surface area contributed by atoms with Crippen molar-refractivity contribution in [3.63, 3.8) is 0 Å². The molecule has 1 aliphatic heterocycles. The summed E-state index contributed by atoms with van der Waals surface area (Å²) in [5, 5.41) is 0. The molecule has 1 amide bonds. The first-order valence-electron chi connectivity index (χ1n) is 8.86. The van der Waals surface area contributed by atoms with Crippen LogP contribution in [0.3, 0.4) is 0 Å². The molecular weight excluding hydrogens is 341 g/mol. The highest BCUT2D eigenvalue weighted by molar-refractivity contribution is 6.01. The number of fused-ring (bicyclic) bond motifs is 1. The molecule has 0 saturated heterocycles. The molecule has 3 nitrogen and oxygen atoms in total. The number of benzene rings is 3. The molecule has 27 heavy (non-hydrogen) atoms. The number of carbonyl (C=O) groups is 2. The Hall–Kier alpha value is -3.27. The van der Waals surface area contributed by atoms with Crippen LogP contribution >= 0.6 is 0 Å². The molecule has 0 radical (unpaired) electrons. The summed E-state index contributed by atoms with van der Waals surface area (Å²) in [6.45, 7) is 0.440. The first-order chi connectivity index (χ1) is 13.1. The molecule has 134 valence electrons. The van der Waals surface area contributed by atoms with Crippen molar-refractivity contribution in [2.24, 2.45) is 0 Å². The highest BCUT2D eigenvalue weighted by atomic mass is 19.1. The summed E-state index contributed by atoms with van der Waals surface area (Å²) in [5.41, 5.74) is 2.98. The Bertz CT molecular complexity index is 983. The number of halogens is 1. The lowest BCUT2D eigenvalue weighted by Crippen LogP contribution is -2.29. The van der Waals surface area contributed by atoms with Gasteiger partial charge in [0.05, 0.1) is 6.04 Å². The average molecular weight is 359 g/mol. The van der Waals surface area contributed by atoms with E-state index >= 15 is 0 Å². The Kier molecular flexibility index (Phi) is 4.55. The highest BCUT2D eigenvalue weighted by Crippen LogP contribution is 2.37. The second kappa shape index (κ2) is 7.16. The second-order valence-electron chi connectivity index (χ2n) is 6.66. The van der Waals surface area contributed by atoms with E-state index < -0.39 is 0 Å². The smallest absolute Gasteiger partial charge is 0.255 e. The maximum atomic E-state index is 13.1. The zero-order valence-corrected chi connectivity index (χ0v) is 14.6. The van der Waals surface area contributed by atoms with Gasteiger partial charge in [0.15, 0.2) is 5.78 Å². The molecule has 1 atom stereocenters. The van der Waals surface area contributed by atoms with Crippen molar-refractivity contribution in [2.45, 2.75) is 19.0 Å². The Labute approximate surface area is 157 Å². The minimum Gasteiger partial charge on any atom is -0.327 e. The van der Waals surface area contributed by atoms with Gasteiger partial charge in [0.2, 0.25) is 0 Å². The standard InChI is InChI=1S/C23H18FNO2/c24-18-12-10-17(11-13-18)22(26)14-21-19-8-4-5-9-20(19)23(27)25(21)15-16-6-2-1-3-7-16/h1-13,21H,14-15H2. The fourth-order valence-electron chi connectivity index (χ4n) is 3.56. The minimum absolute atomic E-state index is 0.0636. The van der Waals surface area contributed by atoms with Crippen molar-refractivity contribution < 1.29 is 14.0 Å². The molecular formula is C23H18FNO2. The molecule has 0 N–H and O–H groups in total. The zero-order chi connectivity index (χ0) is 18.8. The normalized spacial score (nSPS) is 15.7. The van der Waals surface area contributed by atoms with E-state index in [1.165, 1.54) is 24.3 Å². The molecule has 3 aromatic rings. The number of rotatable bonds is 5. The van der Waals surface area contributed by atoms with Gasteiger partial charge in [-0.15, -0.1) is 0 Å². The number of ketones is 1. The van der Waals surface area contributed by atoms with Gasteiger partial charge in [-0.2, -0.15) is 0 Å². The number of hydrogen-bond donors (Lipinski definition) is 0. The molecule has 1 unspecified atom stereocenters. The van der Waals surface area contributed by atoms with Crippen LogP contribution in [-0.2, 0) is 6.54 Å². The fraction of sp³-hybridized carbons (Fsp3) is 0.130. The summed E-state index contributed by atoms with van der Waals surface area (Å²) < 4.78 is 13.1. The van der Waals surface area contributed by atoms with E-state index in [0.29, 0.717) is 17.7 Å². The van der Waals surface area contributed by atoms with E-state index in [0.717, 1.165) is 11.1 Å². The van der Waals surface area contributed by atoms with Crippen LogP contribution in [0.15, 0.2) is 78.9 Å². The van der Waals surface area contributed by atoms with Crippen LogP contribution in [-0.4, -0.2) is 16.6 Å². The SMILES string of the molecule is O=C(CC1c2ccccc2C(=O)N1Cc1ccccc1)c1ccc(F)cc1. The van der Waals surface area contributed by atoms with Crippen LogP contribution in [0.1, 0.15) is 44.3 Å². The first kappa shape index (κ1) is 17.2. The molecule has 0 fully saturated rings. The molecule has 0 bridgehead atoms.